The fourth-order valence-corrected chi connectivity index (χ4v) is 3.70. The molecule has 7 nitrogen and oxygen atoms in total. The molecule has 0 spiro atoms. The molecule has 2 amide bonds. The molecule has 152 valence electrons. The molecule has 1 fully saturated rings. The molecule has 1 aliphatic heterocycles. The number of amides is 2. The smallest absolute Gasteiger partial charge is 0.315 e. The molecule has 29 heavy (non-hydrogen) atoms. The molecule has 0 saturated carbocycles. The van der Waals surface area contributed by atoms with Crippen LogP contribution in [0.3, 0.4) is 0 Å². The summed E-state index contributed by atoms with van der Waals surface area (Å²) in [6, 6.07) is 15.6. The van der Waals surface area contributed by atoms with Crippen molar-refractivity contribution in [2.45, 2.75) is 31.3 Å². The van der Waals surface area contributed by atoms with E-state index in [-0.39, 0.29) is 18.1 Å². The molecule has 0 radical (unpaired) electrons. The highest BCUT2D eigenvalue weighted by Gasteiger charge is 2.21. The van der Waals surface area contributed by atoms with E-state index < -0.39 is 0 Å². The van der Waals surface area contributed by atoms with Gasteiger partial charge in [0, 0.05) is 6.04 Å². The molecule has 4 N–H and O–H groups in total. The average molecular weight is 393 g/mol. The maximum absolute atomic E-state index is 12.7. The van der Waals surface area contributed by atoms with E-state index >= 15 is 0 Å². The highest BCUT2D eigenvalue weighted by molar-refractivity contribution is 5.76. The lowest BCUT2D eigenvalue weighted by Crippen LogP contribution is -2.47. The SMILES string of the molecule is COc1ccc(CC(NC(=O)NC2CCNCC2)c2nc3ccccc3[nH]2)cc1. The molecule has 1 saturated heterocycles. The number of H-pyrrole nitrogens is 1. The minimum atomic E-state index is -0.266. The summed E-state index contributed by atoms with van der Waals surface area (Å²) in [5, 5.41) is 9.54. The zero-order valence-corrected chi connectivity index (χ0v) is 16.6. The largest absolute Gasteiger partial charge is 0.497 e. The molecule has 7 heteroatoms. The van der Waals surface area contributed by atoms with Crippen molar-refractivity contribution in [2.24, 2.45) is 0 Å². The molecule has 1 unspecified atom stereocenters. The first kappa shape index (κ1) is 19.3. The minimum Gasteiger partial charge on any atom is -0.497 e. The van der Waals surface area contributed by atoms with Crippen molar-refractivity contribution in [1.82, 2.24) is 25.9 Å². The first-order chi connectivity index (χ1) is 14.2. The zero-order valence-electron chi connectivity index (χ0n) is 16.6. The average Bonchev–Trinajstić information content (AvgIpc) is 3.19. The molecule has 1 atom stereocenters. The van der Waals surface area contributed by atoms with Crippen LogP contribution in [0.1, 0.15) is 30.3 Å². The quantitative estimate of drug-likeness (QED) is 0.518. The van der Waals surface area contributed by atoms with Gasteiger partial charge in [-0.2, -0.15) is 0 Å². The molecule has 0 bridgehead atoms. The summed E-state index contributed by atoms with van der Waals surface area (Å²) >= 11 is 0. The molecular weight excluding hydrogens is 366 g/mol. The number of benzene rings is 2. The van der Waals surface area contributed by atoms with Crippen LogP contribution in [0.15, 0.2) is 48.5 Å². The van der Waals surface area contributed by atoms with Crippen molar-refractivity contribution < 1.29 is 9.53 Å². The number of methoxy groups -OCH3 is 1. The number of carbonyl (C=O) groups excluding carboxylic acids is 1. The Labute approximate surface area is 170 Å². The Balaban J connectivity index is 1.52. The summed E-state index contributed by atoms with van der Waals surface area (Å²) in [6.45, 7) is 1.87. The van der Waals surface area contributed by atoms with Crippen molar-refractivity contribution in [3.8, 4) is 5.75 Å². The Morgan fingerprint density at radius 1 is 1.17 bits per heavy atom. The van der Waals surface area contributed by atoms with Crippen LogP contribution in [0.25, 0.3) is 11.0 Å². The molecule has 0 aliphatic carbocycles. The van der Waals surface area contributed by atoms with Gasteiger partial charge in [-0.25, -0.2) is 9.78 Å². The number of hydrogen-bond acceptors (Lipinski definition) is 4. The van der Waals surface area contributed by atoms with Gasteiger partial charge in [-0.3, -0.25) is 0 Å². The number of piperidine rings is 1. The van der Waals surface area contributed by atoms with Crippen LogP contribution in [0.2, 0.25) is 0 Å². The lowest BCUT2D eigenvalue weighted by Gasteiger charge is -2.25. The molecule has 3 aromatic rings. The van der Waals surface area contributed by atoms with Gasteiger partial charge < -0.3 is 25.7 Å². The number of nitrogens with zero attached hydrogens (tertiary/aromatic N) is 1. The summed E-state index contributed by atoms with van der Waals surface area (Å²) in [4.78, 5) is 20.8. The van der Waals surface area contributed by atoms with Gasteiger partial charge in [0.05, 0.1) is 24.2 Å². The van der Waals surface area contributed by atoms with Gasteiger partial charge in [0.25, 0.3) is 0 Å². The fraction of sp³-hybridized carbons (Fsp3) is 0.364. The van der Waals surface area contributed by atoms with E-state index in [1.54, 1.807) is 7.11 Å². The molecule has 2 heterocycles. The third-order valence-electron chi connectivity index (χ3n) is 5.32. The Morgan fingerprint density at radius 2 is 1.93 bits per heavy atom. The first-order valence-corrected chi connectivity index (χ1v) is 10.1. The number of para-hydroxylation sites is 2. The van der Waals surface area contributed by atoms with E-state index in [1.165, 1.54) is 0 Å². The summed E-state index contributed by atoms with van der Waals surface area (Å²) < 4.78 is 5.24. The Morgan fingerprint density at radius 3 is 2.66 bits per heavy atom. The summed E-state index contributed by atoms with van der Waals surface area (Å²) in [6.07, 6.45) is 2.52. The number of carbonyl (C=O) groups is 1. The number of hydrogen-bond donors (Lipinski definition) is 4. The van der Waals surface area contributed by atoms with Crippen molar-refractivity contribution in [3.63, 3.8) is 0 Å². The Bertz CT molecular complexity index is 914. The van der Waals surface area contributed by atoms with Crippen LogP contribution in [-0.2, 0) is 6.42 Å². The Hall–Kier alpha value is -3.06. The second-order valence-corrected chi connectivity index (χ2v) is 7.39. The molecule has 1 aliphatic rings. The van der Waals surface area contributed by atoms with Crippen LogP contribution in [0.5, 0.6) is 5.75 Å². The maximum atomic E-state index is 12.7. The first-order valence-electron chi connectivity index (χ1n) is 10.1. The van der Waals surface area contributed by atoms with Crippen LogP contribution >= 0.6 is 0 Å². The van der Waals surface area contributed by atoms with Gasteiger partial charge in [-0.15, -0.1) is 0 Å². The van der Waals surface area contributed by atoms with Crippen LogP contribution in [-0.4, -0.2) is 42.2 Å². The standard InChI is InChI=1S/C22H27N5O2/c1-29-17-8-6-15(7-9-17)14-20(21-25-18-4-2-3-5-19(18)26-21)27-22(28)24-16-10-12-23-13-11-16/h2-9,16,20,23H,10-14H2,1H3,(H,25,26)(H2,24,27,28). The predicted octanol–water partition coefficient (Wildman–Crippen LogP) is 2.91. The predicted molar refractivity (Wildman–Crippen MR) is 113 cm³/mol. The lowest BCUT2D eigenvalue weighted by atomic mass is 10.0. The van der Waals surface area contributed by atoms with E-state index in [4.69, 9.17) is 9.72 Å². The molecule has 2 aromatic carbocycles. The topological polar surface area (TPSA) is 91.1 Å². The van der Waals surface area contributed by atoms with E-state index in [9.17, 15) is 4.79 Å². The summed E-state index contributed by atoms with van der Waals surface area (Å²) in [5.41, 5.74) is 2.95. The maximum Gasteiger partial charge on any atom is 0.315 e. The van der Waals surface area contributed by atoms with E-state index in [0.717, 1.165) is 54.1 Å². The monoisotopic (exact) mass is 393 g/mol. The van der Waals surface area contributed by atoms with Crippen LogP contribution < -0.4 is 20.7 Å². The normalized spacial score (nSPS) is 15.8. The highest BCUT2D eigenvalue weighted by atomic mass is 16.5. The fourth-order valence-electron chi connectivity index (χ4n) is 3.70. The molecular formula is C22H27N5O2. The highest BCUT2D eigenvalue weighted by Crippen LogP contribution is 2.21. The van der Waals surface area contributed by atoms with Gasteiger partial charge in [-0.1, -0.05) is 24.3 Å². The zero-order chi connectivity index (χ0) is 20.1. The third-order valence-corrected chi connectivity index (χ3v) is 5.32. The third kappa shape index (κ3) is 4.86. The van der Waals surface area contributed by atoms with Crippen molar-refractivity contribution in [3.05, 3.63) is 59.9 Å². The van der Waals surface area contributed by atoms with Crippen molar-refractivity contribution in [2.75, 3.05) is 20.2 Å². The number of rotatable bonds is 6. The van der Waals surface area contributed by atoms with Gasteiger partial charge >= 0.3 is 6.03 Å². The van der Waals surface area contributed by atoms with Crippen molar-refractivity contribution in [1.29, 1.82) is 0 Å². The van der Waals surface area contributed by atoms with Crippen LogP contribution in [0.4, 0.5) is 4.79 Å². The second-order valence-electron chi connectivity index (χ2n) is 7.39. The number of aromatic amines is 1. The van der Waals surface area contributed by atoms with Gasteiger partial charge in [0.1, 0.15) is 11.6 Å². The number of urea groups is 1. The minimum absolute atomic E-state index is 0.157. The summed E-state index contributed by atoms with van der Waals surface area (Å²) in [5.74, 6) is 1.56. The number of nitrogens with one attached hydrogen (secondary N) is 4. The van der Waals surface area contributed by atoms with Gasteiger partial charge in [0.15, 0.2) is 0 Å². The van der Waals surface area contributed by atoms with E-state index in [2.05, 4.69) is 20.9 Å². The summed E-state index contributed by atoms with van der Waals surface area (Å²) in [7, 11) is 1.65. The number of ether oxygens (including phenoxy) is 1. The molecule has 4 rings (SSSR count). The second kappa shape index (κ2) is 8.96. The van der Waals surface area contributed by atoms with Gasteiger partial charge in [-0.05, 0) is 62.2 Å². The number of aromatic nitrogens is 2. The lowest BCUT2D eigenvalue weighted by molar-refractivity contribution is 0.229. The van der Waals surface area contributed by atoms with Crippen molar-refractivity contribution >= 4 is 17.1 Å². The van der Waals surface area contributed by atoms with E-state index in [0.29, 0.717) is 6.42 Å². The van der Waals surface area contributed by atoms with E-state index in [1.807, 2.05) is 48.5 Å². The van der Waals surface area contributed by atoms with Gasteiger partial charge in [0.2, 0.25) is 0 Å². The number of fused-ring (bicyclic) bond motifs is 1. The molecule has 1 aromatic heterocycles. The Kier molecular flexibility index (Phi) is 5.95. The number of imidazole rings is 1. The van der Waals surface area contributed by atoms with Crippen LogP contribution in [0, 0.1) is 0 Å².